The van der Waals surface area contributed by atoms with Crippen LogP contribution in [-0.2, 0) is 16.1 Å². The van der Waals surface area contributed by atoms with Crippen LogP contribution in [0, 0.1) is 12.8 Å². The minimum absolute atomic E-state index is 0.00990. The van der Waals surface area contributed by atoms with Gasteiger partial charge in [-0.25, -0.2) is 4.79 Å². The van der Waals surface area contributed by atoms with E-state index in [1.54, 1.807) is 18.2 Å². The first-order valence-corrected chi connectivity index (χ1v) is 10.3. The van der Waals surface area contributed by atoms with Gasteiger partial charge in [0.05, 0.1) is 22.7 Å². The topological polar surface area (TPSA) is 58.6 Å². The van der Waals surface area contributed by atoms with Gasteiger partial charge in [-0.2, -0.15) is 0 Å². The van der Waals surface area contributed by atoms with E-state index in [2.05, 4.69) is 10.2 Å². The Morgan fingerprint density at radius 1 is 1.14 bits per heavy atom. The second-order valence-corrected chi connectivity index (χ2v) is 8.07. The summed E-state index contributed by atoms with van der Waals surface area (Å²) in [5.74, 6) is -0.472. The molecule has 1 fully saturated rings. The molecule has 0 aliphatic carbocycles. The molecule has 7 heteroatoms. The van der Waals surface area contributed by atoms with Crippen molar-refractivity contribution in [3.63, 3.8) is 0 Å². The molecule has 1 N–H and O–H groups in total. The summed E-state index contributed by atoms with van der Waals surface area (Å²) in [4.78, 5) is 26.9. The van der Waals surface area contributed by atoms with Crippen molar-refractivity contribution in [2.45, 2.75) is 26.3 Å². The van der Waals surface area contributed by atoms with E-state index in [1.807, 2.05) is 25.1 Å². The van der Waals surface area contributed by atoms with Crippen LogP contribution in [0.4, 0.5) is 5.69 Å². The van der Waals surface area contributed by atoms with Gasteiger partial charge in [0, 0.05) is 18.2 Å². The van der Waals surface area contributed by atoms with Crippen LogP contribution in [-0.4, -0.2) is 37.0 Å². The molecular weight excluding hydrogens is 411 g/mol. The average molecular weight is 435 g/mol. The van der Waals surface area contributed by atoms with Gasteiger partial charge in [-0.15, -0.1) is 0 Å². The number of hydrogen-bond donors (Lipinski definition) is 1. The number of rotatable bonds is 5. The number of likely N-dealkylation sites (tertiary alicyclic amines) is 1. The first kappa shape index (κ1) is 21.6. The van der Waals surface area contributed by atoms with Crippen LogP contribution in [0.3, 0.4) is 0 Å². The molecule has 2 aromatic rings. The van der Waals surface area contributed by atoms with Crippen molar-refractivity contribution < 1.29 is 14.3 Å². The number of piperidine rings is 1. The van der Waals surface area contributed by atoms with Crippen molar-refractivity contribution in [1.82, 2.24) is 4.90 Å². The van der Waals surface area contributed by atoms with Gasteiger partial charge in [0.1, 0.15) is 0 Å². The third-order valence-corrected chi connectivity index (χ3v) is 6.08. The van der Waals surface area contributed by atoms with E-state index in [0.717, 1.165) is 38.0 Å². The summed E-state index contributed by atoms with van der Waals surface area (Å²) < 4.78 is 4.80. The number of nitrogens with zero attached hydrogens (tertiary/aromatic N) is 1. The summed E-state index contributed by atoms with van der Waals surface area (Å²) in [5.41, 5.74) is 2.93. The second-order valence-electron chi connectivity index (χ2n) is 7.26. The predicted octanol–water partition coefficient (Wildman–Crippen LogP) is 4.94. The van der Waals surface area contributed by atoms with E-state index in [9.17, 15) is 9.59 Å². The normalized spacial score (nSPS) is 15.2. The highest BCUT2D eigenvalue weighted by molar-refractivity contribution is 6.42. The second kappa shape index (κ2) is 9.61. The maximum absolute atomic E-state index is 12.7. The highest BCUT2D eigenvalue weighted by atomic mass is 35.5. The lowest BCUT2D eigenvalue weighted by atomic mass is 9.95. The number of carbonyl (C=O) groups excluding carboxylic acids is 2. The highest BCUT2D eigenvalue weighted by Crippen LogP contribution is 2.26. The molecule has 3 rings (SSSR count). The summed E-state index contributed by atoms with van der Waals surface area (Å²) in [6, 6.07) is 10.9. The molecule has 0 radical (unpaired) electrons. The van der Waals surface area contributed by atoms with E-state index < -0.39 is 5.97 Å². The zero-order valence-electron chi connectivity index (χ0n) is 16.5. The van der Waals surface area contributed by atoms with E-state index >= 15 is 0 Å². The van der Waals surface area contributed by atoms with Crippen molar-refractivity contribution >= 4 is 40.8 Å². The van der Waals surface area contributed by atoms with Gasteiger partial charge in [-0.3, -0.25) is 9.69 Å². The Morgan fingerprint density at radius 3 is 2.52 bits per heavy atom. The highest BCUT2D eigenvalue weighted by Gasteiger charge is 2.26. The standard InChI is InChI=1S/C22H24Cl2N2O3/c1-14-17(22(28)29-2)4-3-5-20(14)25-21(27)16-8-10-26(11-9-16)13-15-6-7-18(23)19(24)12-15/h3-7,12,16H,8-11,13H2,1-2H3,(H,25,27). The number of ether oxygens (including phenoxy) is 1. The van der Waals surface area contributed by atoms with E-state index in [-0.39, 0.29) is 11.8 Å². The maximum atomic E-state index is 12.7. The Bertz CT molecular complexity index is 909. The lowest BCUT2D eigenvalue weighted by molar-refractivity contribution is -0.121. The predicted molar refractivity (Wildman–Crippen MR) is 116 cm³/mol. The summed E-state index contributed by atoms with van der Waals surface area (Å²) in [6.07, 6.45) is 1.56. The fourth-order valence-electron chi connectivity index (χ4n) is 3.59. The van der Waals surface area contributed by atoms with Gasteiger partial charge >= 0.3 is 5.97 Å². The Hall–Kier alpha value is -2.08. The van der Waals surface area contributed by atoms with E-state index in [1.165, 1.54) is 7.11 Å². The monoisotopic (exact) mass is 434 g/mol. The van der Waals surface area contributed by atoms with Gasteiger partial charge in [-0.1, -0.05) is 35.3 Å². The van der Waals surface area contributed by atoms with Crippen LogP contribution in [0.1, 0.15) is 34.3 Å². The maximum Gasteiger partial charge on any atom is 0.338 e. The molecule has 1 aliphatic rings. The Labute approximate surface area is 180 Å². The average Bonchev–Trinajstić information content (AvgIpc) is 2.72. The number of benzene rings is 2. The van der Waals surface area contributed by atoms with Gasteiger partial charge in [0.25, 0.3) is 0 Å². The third kappa shape index (κ3) is 5.30. The van der Waals surface area contributed by atoms with Crippen LogP contribution >= 0.6 is 23.2 Å². The molecule has 5 nitrogen and oxygen atoms in total. The quantitative estimate of drug-likeness (QED) is 0.676. The van der Waals surface area contributed by atoms with Crippen molar-refractivity contribution in [3.05, 3.63) is 63.1 Å². The Morgan fingerprint density at radius 2 is 1.86 bits per heavy atom. The molecule has 1 aliphatic heterocycles. The SMILES string of the molecule is COC(=O)c1cccc(NC(=O)C2CCN(Cc3ccc(Cl)c(Cl)c3)CC2)c1C. The molecule has 0 unspecified atom stereocenters. The fourth-order valence-corrected chi connectivity index (χ4v) is 3.91. The number of anilines is 1. The van der Waals surface area contributed by atoms with Crippen LogP contribution in [0.5, 0.6) is 0 Å². The summed E-state index contributed by atoms with van der Waals surface area (Å²) in [6.45, 7) is 4.26. The van der Waals surface area contributed by atoms with Crippen molar-refractivity contribution in [2.75, 3.05) is 25.5 Å². The van der Waals surface area contributed by atoms with Gasteiger partial charge in [-0.05, 0) is 68.2 Å². The molecule has 0 bridgehead atoms. The first-order chi connectivity index (χ1) is 13.9. The van der Waals surface area contributed by atoms with E-state index in [4.69, 9.17) is 27.9 Å². The molecule has 0 aromatic heterocycles. The van der Waals surface area contributed by atoms with Gasteiger partial charge in [0.15, 0.2) is 0 Å². The zero-order chi connectivity index (χ0) is 21.0. The number of carbonyl (C=O) groups is 2. The summed E-state index contributed by atoms with van der Waals surface area (Å²) in [7, 11) is 1.35. The fraction of sp³-hybridized carbons (Fsp3) is 0.364. The molecule has 0 atom stereocenters. The van der Waals surface area contributed by atoms with Crippen LogP contribution < -0.4 is 5.32 Å². The molecule has 154 valence electrons. The lowest BCUT2D eigenvalue weighted by Crippen LogP contribution is -2.37. The minimum atomic E-state index is -0.408. The molecule has 0 saturated carbocycles. The zero-order valence-corrected chi connectivity index (χ0v) is 18.0. The molecular formula is C22H24Cl2N2O3. The lowest BCUT2D eigenvalue weighted by Gasteiger charge is -2.31. The number of nitrogens with one attached hydrogen (secondary N) is 1. The van der Waals surface area contributed by atoms with Gasteiger partial charge in [0.2, 0.25) is 5.91 Å². The molecule has 1 saturated heterocycles. The summed E-state index contributed by atoms with van der Waals surface area (Å²) >= 11 is 12.1. The Balaban J connectivity index is 1.56. The first-order valence-electron chi connectivity index (χ1n) is 9.54. The van der Waals surface area contributed by atoms with Crippen LogP contribution in [0.25, 0.3) is 0 Å². The Kier molecular flexibility index (Phi) is 7.17. The summed E-state index contributed by atoms with van der Waals surface area (Å²) in [5, 5.41) is 4.09. The smallest absolute Gasteiger partial charge is 0.338 e. The number of hydrogen-bond acceptors (Lipinski definition) is 4. The number of esters is 1. The molecule has 1 amide bonds. The molecule has 29 heavy (non-hydrogen) atoms. The molecule has 2 aromatic carbocycles. The number of methoxy groups -OCH3 is 1. The number of halogens is 2. The van der Waals surface area contributed by atoms with Crippen LogP contribution in [0.15, 0.2) is 36.4 Å². The molecule has 0 spiro atoms. The van der Waals surface area contributed by atoms with Crippen molar-refractivity contribution in [2.24, 2.45) is 5.92 Å². The largest absolute Gasteiger partial charge is 0.465 e. The van der Waals surface area contributed by atoms with Crippen molar-refractivity contribution in [3.8, 4) is 0 Å². The van der Waals surface area contributed by atoms with Gasteiger partial charge < -0.3 is 10.1 Å². The number of amides is 1. The van der Waals surface area contributed by atoms with E-state index in [0.29, 0.717) is 26.9 Å². The molecule has 1 heterocycles. The van der Waals surface area contributed by atoms with Crippen LogP contribution in [0.2, 0.25) is 10.0 Å². The van der Waals surface area contributed by atoms with Crippen molar-refractivity contribution in [1.29, 1.82) is 0 Å². The third-order valence-electron chi connectivity index (χ3n) is 5.35. The minimum Gasteiger partial charge on any atom is -0.465 e.